The Morgan fingerprint density at radius 1 is 1.18 bits per heavy atom. The van der Waals surface area contributed by atoms with Crippen LogP contribution < -0.4 is 5.32 Å². The van der Waals surface area contributed by atoms with Crippen LogP contribution in [0.5, 0.6) is 0 Å². The van der Waals surface area contributed by atoms with E-state index in [4.69, 9.17) is 18.5 Å². The van der Waals surface area contributed by atoms with E-state index >= 15 is 0 Å². The van der Waals surface area contributed by atoms with Crippen molar-refractivity contribution < 1.29 is 37.4 Å². The van der Waals surface area contributed by atoms with Crippen LogP contribution in [0.2, 0.25) is 0 Å². The number of aromatic nitrogens is 4. The summed E-state index contributed by atoms with van der Waals surface area (Å²) in [5.41, 5.74) is 0.995. The molecule has 0 fully saturated rings. The summed E-state index contributed by atoms with van der Waals surface area (Å²) in [6.45, 7) is 7.29. The number of fused-ring (bicyclic) bond motifs is 1. The van der Waals surface area contributed by atoms with Gasteiger partial charge in [0.2, 0.25) is 5.95 Å². The normalized spacial score (nSPS) is 13.3. The molecule has 2 aromatic heterocycles. The number of imidazole rings is 1. The van der Waals surface area contributed by atoms with Crippen LogP contribution in [0.3, 0.4) is 0 Å². The second-order valence-corrected chi connectivity index (χ2v) is 10.2. The number of ether oxygens (including phenoxy) is 3. The predicted molar refractivity (Wildman–Crippen MR) is 122 cm³/mol. The largest absolute Gasteiger partial charge is 0.467 e. The molecule has 13 nitrogen and oxygen atoms in total. The molecule has 0 aliphatic carbocycles. The van der Waals surface area contributed by atoms with Gasteiger partial charge in [-0.25, -0.2) is 19.6 Å². The van der Waals surface area contributed by atoms with Gasteiger partial charge in [-0.3, -0.25) is 9.88 Å². The van der Waals surface area contributed by atoms with Gasteiger partial charge in [-0.05, 0) is 27.7 Å². The second kappa shape index (κ2) is 11.5. The molecule has 1 unspecified atom stereocenters. The molecule has 0 saturated carbocycles. The van der Waals surface area contributed by atoms with Gasteiger partial charge in [0.25, 0.3) is 5.85 Å². The molecule has 0 aliphatic heterocycles. The molecule has 1 N–H and O–H groups in total. The predicted octanol–water partition coefficient (Wildman–Crippen LogP) is 3.04. The van der Waals surface area contributed by atoms with Crippen molar-refractivity contribution in [1.82, 2.24) is 19.5 Å². The highest BCUT2D eigenvalue weighted by Crippen LogP contribution is 2.52. The summed E-state index contributed by atoms with van der Waals surface area (Å²) in [5.74, 6) is -2.31. The van der Waals surface area contributed by atoms with Gasteiger partial charge >= 0.3 is 19.7 Å². The van der Waals surface area contributed by atoms with Crippen LogP contribution in [0.15, 0.2) is 18.5 Å². The summed E-state index contributed by atoms with van der Waals surface area (Å²) in [6, 6.07) is 0. The maximum Gasteiger partial charge on any atom is 0.414 e. The first-order valence-electron chi connectivity index (χ1n) is 10.2. The average Bonchev–Trinajstić information content (AvgIpc) is 3.17. The Hall–Kier alpha value is -2.86. The van der Waals surface area contributed by atoms with Gasteiger partial charge in [0, 0.05) is 20.8 Å². The molecule has 2 heterocycles. The fraction of sp³-hybridized carbons (Fsp3) is 0.550. The third-order valence-electron chi connectivity index (χ3n) is 4.27. The zero-order chi connectivity index (χ0) is 25.5. The molecule has 0 aromatic carbocycles. The SMILES string of the molecule is COC(=O)C(OCC=CCn1cnc2c(C)nc(NC(=O)OC(C)(C)C)nc21)P(=O)(OC)OC. The number of anilines is 1. The highest BCUT2D eigenvalue weighted by atomic mass is 31.2. The topological polar surface area (TPSA) is 153 Å². The zero-order valence-electron chi connectivity index (χ0n) is 20.2. The average molecular weight is 499 g/mol. The first kappa shape index (κ1) is 27.4. The summed E-state index contributed by atoms with van der Waals surface area (Å²) < 4.78 is 39.1. The summed E-state index contributed by atoms with van der Waals surface area (Å²) in [6.07, 6.45) is 4.26. The van der Waals surface area contributed by atoms with Crippen LogP contribution >= 0.6 is 7.60 Å². The molecule has 0 saturated heterocycles. The van der Waals surface area contributed by atoms with E-state index in [9.17, 15) is 14.2 Å². The van der Waals surface area contributed by atoms with Crippen LogP contribution in [-0.2, 0) is 39.2 Å². The van der Waals surface area contributed by atoms with Crippen molar-refractivity contribution in [3.05, 3.63) is 24.2 Å². The molecular weight excluding hydrogens is 469 g/mol. The third-order valence-corrected chi connectivity index (χ3v) is 6.22. The number of allylic oxidation sites excluding steroid dienone is 1. The number of esters is 1. The van der Waals surface area contributed by atoms with Crippen LogP contribution in [-0.4, -0.2) is 71.0 Å². The van der Waals surface area contributed by atoms with E-state index in [1.807, 2.05) is 0 Å². The molecule has 188 valence electrons. The van der Waals surface area contributed by atoms with E-state index in [1.165, 1.54) is 0 Å². The molecule has 2 aromatic rings. The molecule has 34 heavy (non-hydrogen) atoms. The minimum Gasteiger partial charge on any atom is -0.467 e. The Morgan fingerprint density at radius 3 is 2.44 bits per heavy atom. The summed E-state index contributed by atoms with van der Waals surface area (Å²) in [4.78, 5) is 36.9. The summed E-state index contributed by atoms with van der Waals surface area (Å²) >= 11 is 0. The Morgan fingerprint density at radius 2 is 1.85 bits per heavy atom. The molecule has 0 radical (unpaired) electrons. The van der Waals surface area contributed by atoms with E-state index in [1.54, 1.807) is 50.7 Å². The number of amides is 1. The number of carbonyl (C=O) groups excluding carboxylic acids is 2. The first-order chi connectivity index (χ1) is 15.9. The Labute approximate surface area is 197 Å². The van der Waals surface area contributed by atoms with Gasteiger partial charge in [0.1, 0.15) is 11.1 Å². The lowest BCUT2D eigenvalue weighted by Crippen LogP contribution is -2.28. The monoisotopic (exact) mass is 499 g/mol. The minimum atomic E-state index is -3.84. The summed E-state index contributed by atoms with van der Waals surface area (Å²) in [7, 11) is -0.390. The summed E-state index contributed by atoms with van der Waals surface area (Å²) in [5, 5.41) is 2.52. The van der Waals surface area contributed by atoms with Crippen LogP contribution in [0.4, 0.5) is 10.7 Å². The minimum absolute atomic E-state index is 0.0669. The van der Waals surface area contributed by atoms with Crippen molar-refractivity contribution in [3.63, 3.8) is 0 Å². The van der Waals surface area contributed by atoms with Crippen LogP contribution in [0.25, 0.3) is 11.2 Å². The molecule has 0 bridgehead atoms. The fourth-order valence-corrected chi connectivity index (χ4v) is 3.89. The number of nitrogens with one attached hydrogen (secondary N) is 1. The van der Waals surface area contributed by atoms with Crippen LogP contribution in [0, 0.1) is 6.92 Å². The molecule has 14 heteroatoms. The number of nitrogens with zero attached hydrogens (tertiary/aromatic N) is 4. The Balaban J connectivity index is 2.10. The zero-order valence-corrected chi connectivity index (χ0v) is 21.1. The molecule has 0 aliphatic rings. The van der Waals surface area contributed by atoms with E-state index < -0.39 is 31.1 Å². The standard InChI is InChI=1S/C20H30N5O8P/c1-13-14-15(23-18(22-13)24-19(27)33-20(2,3)4)25(12-21-14)10-8-9-11-32-17(16(26)29-5)34(28,30-6)31-7/h8-9,12,17H,10-11H2,1-7H3,(H,22,23,24,27). The Kier molecular flexibility index (Phi) is 9.28. The lowest BCUT2D eigenvalue weighted by Gasteiger charge is -2.21. The first-order valence-corrected chi connectivity index (χ1v) is 11.8. The van der Waals surface area contributed by atoms with Gasteiger partial charge in [-0.15, -0.1) is 0 Å². The number of hydrogen-bond donors (Lipinski definition) is 1. The lowest BCUT2D eigenvalue weighted by atomic mass is 10.2. The number of carbonyl (C=O) groups is 2. The van der Waals surface area contributed by atoms with Gasteiger partial charge in [0.05, 0.1) is 25.7 Å². The number of hydrogen-bond acceptors (Lipinski definition) is 11. The van der Waals surface area contributed by atoms with Crippen LogP contribution in [0.1, 0.15) is 26.5 Å². The van der Waals surface area contributed by atoms with E-state index in [2.05, 4.69) is 25.0 Å². The van der Waals surface area contributed by atoms with Crippen molar-refractivity contribution >= 4 is 36.8 Å². The van der Waals surface area contributed by atoms with Crippen molar-refractivity contribution in [3.8, 4) is 0 Å². The fourth-order valence-electron chi connectivity index (χ4n) is 2.73. The van der Waals surface area contributed by atoms with Gasteiger partial charge in [-0.1, -0.05) is 12.2 Å². The third kappa shape index (κ3) is 7.07. The van der Waals surface area contributed by atoms with Gasteiger partial charge in [-0.2, -0.15) is 4.98 Å². The number of methoxy groups -OCH3 is 1. The number of rotatable bonds is 10. The second-order valence-electron chi connectivity index (χ2n) is 7.91. The lowest BCUT2D eigenvalue weighted by molar-refractivity contribution is -0.149. The van der Waals surface area contributed by atoms with E-state index in [0.29, 0.717) is 23.4 Å². The highest BCUT2D eigenvalue weighted by Gasteiger charge is 2.42. The molecule has 0 spiro atoms. The van der Waals surface area contributed by atoms with Crippen molar-refractivity contribution in [2.24, 2.45) is 0 Å². The highest BCUT2D eigenvalue weighted by molar-refractivity contribution is 7.55. The van der Waals surface area contributed by atoms with E-state index in [0.717, 1.165) is 21.3 Å². The van der Waals surface area contributed by atoms with Crippen molar-refractivity contribution in [2.75, 3.05) is 33.3 Å². The van der Waals surface area contributed by atoms with E-state index in [-0.39, 0.29) is 12.6 Å². The Bertz CT molecular complexity index is 1090. The van der Waals surface area contributed by atoms with Gasteiger partial charge in [0.15, 0.2) is 5.65 Å². The van der Waals surface area contributed by atoms with Crippen molar-refractivity contribution in [2.45, 2.75) is 45.7 Å². The molecule has 2 rings (SSSR count). The maximum atomic E-state index is 12.5. The molecular formula is C20H30N5O8P. The molecule has 1 atom stereocenters. The van der Waals surface area contributed by atoms with Gasteiger partial charge < -0.3 is 27.8 Å². The smallest absolute Gasteiger partial charge is 0.414 e. The molecule has 1 amide bonds. The number of aryl methyl sites for hydroxylation is 1. The van der Waals surface area contributed by atoms with Crippen molar-refractivity contribution in [1.29, 1.82) is 0 Å². The quantitative estimate of drug-likeness (QED) is 0.291. The maximum absolute atomic E-state index is 12.5.